The summed E-state index contributed by atoms with van der Waals surface area (Å²) in [5.41, 5.74) is 1.26. The molecule has 0 amide bonds. The molecule has 1 heterocycles. The zero-order chi connectivity index (χ0) is 12.8. The second-order valence-corrected chi connectivity index (χ2v) is 3.52. The lowest BCUT2D eigenvalue weighted by molar-refractivity contribution is 0.184. The number of rotatable bonds is 4. The second kappa shape index (κ2) is 5.75. The van der Waals surface area contributed by atoms with Crippen molar-refractivity contribution in [2.24, 2.45) is 0 Å². The average molecular weight is 241 g/mol. The van der Waals surface area contributed by atoms with Gasteiger partial charge in [0.2, 0.25) is 0 Å². The van der Waals surface area contributed by atoms with Gasteiger partial charge in [0.25, 0.3) is 0 Å². The zero-order valence-electron chi connectivity index (χ0n) is 9.83. The standard InChI is InChI=1S/C13H11N3O2/c1-17-9-10-3-2-4-12(7-10)18-13-15-6-5-11(8-14)16-13/h2-7H,9H2,1H3. The second-order valence-electron chi connectivity index (χ2n) is 3.52. The number of hydrogen-bond donors (Lipinski definition) is 0. The van der Waals surface area contributed by atoms with Crippen LogP contribution in [0.15, 0.2) is 36.5 Å². The van der Waals surface area contributed by atoms with E-state index in [1.165, 1.54) is 12.3 Å². The lowest BCUT2D eigenvalue weighted by atomic mass is 10.2. The van der Waals surface area contributed by atoms with Crippen LogP contribution in [-0.4, -0.2) is 17.1 Å². The van der Waals surface area contributed by atoms with Gasteiger partial charge in [-0.3, -0.25) is 0 Å². The summed E-state index contributed by atoms with van der Waals surface area (Å²) < 4.78 is 10.5. The summed E-state index contributed by atoms with van der Waals surface area (Å²) in [6.07, 6.45) is 1.49. The third-order valence-corrected chi connectivity index (χ3v) is 2.17. The summed E-state index contributed by atoms with van der Waals surface area (Å²) in [5, 5.41) is 8.73. The fourth-order valence-electron chi connectivity index (χ4n) is 1.42. The molecule has 0 saturated heterocycles. The molecule has 0 unspecified atom stereocenters. The summed E-state index contributed by atoms with van der Waals surface area (Å²) in [7, 11) is 1.63. The van der Waals surface area contributed by atoms with Crippen molar-refractivity contribution < 1.29 is 9.47 Å². The van der Waals surface area contributed by atoms with E-state index in [2.05, 4.69) is 9.97 Å². The van der Waals surface area contributed by atoms with Gasteiger partial charge in [-0.25, -0.2) is 4.98 Å². The van der Waals surface area contributed by atoms with Gasteiger partial charge in [0.05, 0.1) is 6.61 Å². The fraction of sp³-hybridized carbons (Fsp3) is 0.154. The minimum absolute atomic E-state index is 0.156. The van der Waals surface area contributed by atoms with Crippen molar-refractivity contribution >= 4 is 0 Å². The highest BCUT2D eigenvalue weighted by Gasteiger charge is 2.02. The number of aromatic nitrogens is 2. The van der Waals surface area contributed by atoms with Gasteiger partial charge in [-0.05, 0) is 23.8 Å². The van der Waals surface area contributed by atoms with Crippen molar-refractivity contribution in [3.8, 4) is 17.8 Å². The minimum Gasteiger partial charge on any atom is -0.424 e. The van der Waals surface area contributed by atoms with Crippen molar-refractivity contribution in [3.05, 3.63) is 47.8 Å². The Labute approximate surface area is 105 Å². The van der Waals surface area contributed by atoms with Crippen LogP contribution < -0.4 is 4.74 Å². The van der Waals surface area contributed by atoms with E-state index in [1.807, 2.05) is 24.3 Å². The fourth-order valence-corrected chi connectivity index (χ4v) is 1.42. The van der Waals surface area contributed by atoms with Crippen LogP contribution in [0.25, 0.3) is 0 Å². The Hall–Kier alpha value is -2.45. The molecule has 0 aliphatic rings. The molecule has 0 fully saturated rings. The molecule has 0 bridgehead atoms. The predicted molar refractivity (Wildman–Crippen MR) is 64.0 cm³/mol. The van der Waals surface area contributed by atoms with Crippen molar-refractivity contribution in [1.29, 1.82) is 5.26 Å². The van der Waals surface area contributed by atoms with Gasteiger partial charge in [-0.15, -0.1) is 0 Å². The molecule has 0 saturated carbocycles. The van der Waals surface area contributed by atoms with Crippen LogP contribution in [0.1, 0.15) is 11.3 Å². The van der Waals surface area contributed by atoms with Crippen LogP contribution in [-0.2, 0) is 11.3 Å². The Morgan fingerprint density at radius 2 is 2.22 bits per heavy atom. The highest BCUT2D eigenvalue weighted by atomic mass is 16.5. The number of ether oxygens (including phenoxy) is 2. The molecule has 1 aromatic heterocycles. The summed E-state index contributed by atoms with van der Waals surface area (Å²) in [6.45, 7) is 0.510. The highest BCUT2D eigenvalue weighted by Crippen LogP contribution is 2.19. The first-order valence-corrected chi connectivity index (χ1v) is 5.30. The van der Waals surface area contributed by atoms with E-state index < -0.39 is 0 Å². The van der Waals surface area contributed by atoms with E-state index in [4.69, 9.17) is 14.7 Å². The van der Waals surface area contributed by atoms with Crippen LogP contribution >= 0.6 is 0 Å². The SMILES string of the molecule is COCc1cccc(Oc2nccc(C#N)n2)c1. The molecule has 1 aromatic carbocycles. The molecule has 5 heteroatoms. The number of methoxy groups -OCH3 is 1. The Morgan fingerprint density at radius 3 is 3.00 bits per heavy atom. The predicted octanol–water partition coefficient (Wildman–Crippen LogP) is 2.29. The third-order valence-electron chi connectivity index (χ3n) is 2.17. The number of hydrogen-bond acceptors (Lipinski definition) is 5. The van der Waals surface area contributed by atoms with E-state index in [0.29, 0.717) is 12.4 Å². The van der Waals surface area contributed by atoms with Gasteiger partial charge in [-0.1, -0.05) is 12.1 Å². The summed E-state index contributed by atoms with van der Waals surface area (Å²) in [5.74, 6) is 0.611. The Balaban J connectivity index is 2.18. The van der Waals surface area contributed by atoms with E-state index in [-0.39, 0.29) is 11.7 Å². The maximum Gasteiger partial charge on any atom is 0.323 e. The van der Waals surface area contributed by atoms with E-state index in [0.717, 1.165) is 5.56 Å². The molecular weight excluding hydrogens is 230 g/mol. The first kappa shape index (κ1) is 12.0. The van der Waals surface area contributed by atoms with Crippen molar-refractivity contribution in [3.63, 3.8) is 0 Å². The molecule has 2 aromatic rings. The quantitative estimate of drug-likeness (QED) is 0.821. The summed E-state index contributed by atoms with van der Waals surface area (Å²) >= 11 is 0. The van der Waals surface area contributed by atoms with Gasteiger partial charge in [0.1, 0.15) is 17.5 Å². The maximum atomic E-state index is 8.73. The smallest absolute Gasteiger partial charge is 0.323 e. The van der Waals surface area contributed by atoms with E-state index >= 15 is 0 Å². The van der Waals surface area contributed by atoms with Crippen molar-refractivity contribution in [2.75, 3.05) is 7.11 Å². The van der Waals surface area contributed by atoms with Crippen LogP contribution in [0.5, 0.6) is 11.8 Å². The van der Waals surface area contributed by atoms with Crippen molar-refractivity contribution in [2.45, 2.75) is 6.61 Å². The first-order valence-electron chi connectivity index (χ1n) is 5.30. The molecule has 0 radical (unpaired) electrons. The lowest BCUT2D eigenvalue weighted by Crippen LogP contribution is -1.94. The molecule has 2 rings (SSSR count). The van der Waals surface area contributed by atoms with Crippen LogP contribution in [0.2, 0.25) is 0 Å². The molecule has 18 heavy (non-hydrogen) atoms. The molecule has 0 spiro atoms. The molecule has 0 N–H and O–H groups in total. The average Bonchev–Trinajstić information content (AvgIpc) is 2.40. The van der Waals surface area contributed by atoms with Gasteiger partial charge in [0.15, 0.2) is 0 Å². The third kappa shape index (κ3) is 3.03. The molecule has 90 valence electrons. The monoisotopic (exact) mass is 241 g/mol. The normalized spacial score (nSPS) is 9.78. The molecule has 0 aliphatic carbocycles. The molecule has 5 nitrogen and oxygen atoms in total. The highest BCUT2D eigenvalue weighted by molar-refractivity contribution is 5.30. The van der Waals surface area contributed by atoms with Gasteiger partial charge in [0, 0.05) is 13.3 Å². The lowest BCUT2D eigenvalue weighted by Gasteiger charge is -2.05. The molecule has 0 aliphatic heterocycles. The number of nitrogens with zero attached hydrogens (tertiary/aromatic N) is 3. The first-order chi connectivity index (χ1) is 8.81. The Morgan fingerprint density at radius 1 is 1.33 bits per heavy atom. The Bertz CT molecular complexity index is 578. The van der Waals surface area contributed by atoms with E-state index in [9.17, 15) is 0 Å². The zero-order valence-corrected chi connectivity index (χ0v) is 9.83. The summed E-state index contributed by atoms with van der Waals surface area (Å²) in [4.78, 5) is 7.88. The number of benzene rings is 1. The van der Waals surface area contributed by atoms with Crippen molar-refractivity contribution in [1.82, 2.24) is 9.97 Å². The van der Waals surface area contributed by atoms with Gasteiger partial charge >= 0.3 is 6.01 Å². The van der Waals surface area contributed by atoms with Crippen LogP contribution in [0.3, 0.4) is 0 Å². The largest absolute Gasteiger partial charge is 0.424 e. The topological polar surface area (TPSA) is 68.0 Å². The minimum atomic E-state index is 0.156. The maximum absolute atomic E-state index is 8.73. The molecular formula is C13H11N3O2. The van der Waals surface area contributed by atoms with E-state index in [1.54, 1.807) is 13.2 Å². The van der Waals surface area contributed by atoms with Crippen LogP contribution in [0.4, 0.5) is 0 Å². The van der Waals surface area contributed by atoms with Gasteiger partial charge < -0.3 is 9.47 Å². The summed E-state index contributed by atoms with van der Waals surface area (Å²) in [6, 6.07) is 11.0. The molecule has 0 atom stereocenters. The number of nitriles is 1. The Kier molecular flexibility index (Phi) is 3.84. The van der Waals surface area contributed by atoms with Crippen LogP contribution in [0, 0.1) is 11.3 Å². The van der Waals surface area contributed by atoms with Gasteiger partial charge in [-0.2, -0.15) is 10.2 Å².